The van der Waals surface area contributed by atoms with E-state index in [0.717, 1.165) is 12.8 Å². The molecule has 0 unspecified atom stereocenters. The van der Waals surface area contributed by atoms with Crippen molar-refractivity contribution in [2.75, 3.05) is 6.61 Å². The highest BCUT2D eigenvalue weighted by molar-refractivity contribution is 5.18. The summed E-state index contributed by atoms with van der Waals surface area (Å²) in [4.78, 5) is 7.74. The molecule has 1 rings (SSSR count). The number of hydrogen-bond donors (Lipinski definition) is 0. The van der Waals surface area contributed by atoms with Gasteiger partial charge in [0, 0.05) is 0 Å². The van der Waals surface area contributed by atoms with Crippen molar-refractivity contribution in [3.63, 3.8) is 0 Å². The van der Waals surface area contributed by atoms with E-state index in [2.05, 4.69) is 16.5 Å². The zero-order valence-corrected chi connectivity index (χ0v) is 7.81. The zero-order chi connectivity index (χ0) is 10.2. The Balaban J connectivity index is 2.37. The van der Waals surface area contributed by atoms with Gasteiger partial charge in [0.2, 0.25) is 5.88 Å². The number of nitrogens with zero attached hydrogens (tertiary/aromatic N) is 3. The van der Waals surface area contributed by atoms with E-state index in [1.165, 1.54) is 12.4 Å². The van der Waals surface area contributed by atoms with Crippen LogP contribution >= 0.6 is 0 Å². The van der Waals surface area contributed by atoms with Gasteiger partial charge in [0.1, 0.15) is 6.07 Å². The molecule has 0 saturated carbocycles. The van der Waals surface area contributed by atoms with E-state index in [9.17, 15) is 0 Å². The molecule has 0 fully saturated rings. The molecule has 0 atom stereocenters. The molecule has 1 aromatic heterocycles. The lowest BCUT2D eigenvalue weighted by Crippen LogP contribution is -1.99. The second kappa shape index (κ2) is 5.70. The third-order valence-electron chi connectivity index (χ3n) is 1.55. The smallest absolute Gasteiger partial charge is 0.232 e. The molecule has 14 heavy (non-hydrogen) atoms. The van der Waals surface area contributed by atoms with Crippen LogP contribution < -0.4 is 4.74 Å². The van der Waals surface area contributed by atoms with E-state index in [1.54, 1.807) is 0 Å². The molecular weight excluding hydrogens is 178 g/mol. The molecule has 0 amide bonds. The fourth-order valence-corrected chi connectivity index (χ4v) is 0.853. The van der Waals surface area contributed by atoms with E-state index in [1.807, 2.05) is 12.1 Å². The minimum atomic E-state index is 0.295. The maximum absolute atomic E-state index is 8.47. The topological polar surface area (TPSA) is 58.8 Å². The predicted molar refractivity (Wildman–Crippen MR) is 51.7 cm³/mol. The fraction of sp³-hybridized carbons (Fsp3) is 0.300. The summed E-state index contributed by atoms with van der Waals surface area (Å²) in [5.74, 6) is 0.452. The Morgan fingerprint density at radius 2 is 2.36 bits per heavy atom. The first-order valence-electron chi connectivity index (χ1n) is 4.32. The van der Waals surface area contributed by atoms with Gasteiger partial charge in [-0.2, -0.15) is 5.26 Å². The number of ether oxygens (including phenoxy) is 1. The summed E-state index contributed by atoms with van der Waals surface area (Å²) in [6, 6.07) is 1.89. The van der Waals surface area contributed by atoms with Crippen molar-refractivity contribution >= 4 is 0 Å². The molecule has 0 aliphatic rings. The summed E-state index contributed by atoms with van der Waals surface area (Å²) in [5, 5.41) is 8.47. The molecule has 0 bridgehead atoms. The van der Waals surface area contributed by atoms with Gasteiger partial charge in [-0.05, 0) is 12.8 Å². The minimum absolute atomic E-state index is 0.295. The molecule has 4 heteroatoms. The monoisotopic (exact) mass is 189 g/mol. The lowest BCUT2D eigenvalue weighted by Gasteiger charge is -2.02. The molecule has 72 valence electrons. The molecule has 1 heterocycles. The van der Waals surface area contributed by atoms with Gasteiger partial charge in [0.05, 0.1) is 19.0 Å². The molecular formula is C10H11N3O. The highest BCUT2D eigenvalue weighted by Crippen LogP contribution is 2.04. The van der Waals surface area contributed by atoms with E-state index in [4.69, 9.17) is 10.00 Å². The number of hydrogen-bond acceptors (Lipinski definition) is 4. The Bertz CT molecular complexity index is 326. The van der Waals surface area contributed by atoms with Crippen molar-refractivity contribution in [1.29, 1.82) is 5.26 Å². The van der Waals surface area contributed by atoms with E-state index in [-0.39, 0.29) is 0 Å². The minimum Gasteiger partial charge on any atom is -0.477 e. The molecule has 0 spiro atoms. The molecule has 0 aliphatic carbocycles. The normalized spacial score (nSPS) is 9.07. The van der Waals surface area contributed by atoms with Crippen LogP contribution in [0.4, 0.5) is 0 Å². The van der Waals surface area contributed by atoms with Crippen LogP contribution in [0.2, 0.25) is 0 Å². The van der Waals surface area contributed by atoms with Crippen LogP contribution in [0.3, 0.4) is 0 Å². The van der Waals surface area contributed by atoms with Crippen molar-refractivity contribution in [3.8, 4) is 11.9 Å². The van der Waals surface area contributed by atoms with Crippen LogP contribution in [0.5, 0.6) is 5.88 Å². The van der Waals surface area contributed by atoms with Crippen LogP contribution in [0.25, 0.3) is 0 Å². The van der Waals surface area contributed by atoms with Crippen molar-refractivity contribution in [1.82, 2.24) is 9.97 Å². The summed E-state index contributed by atoms with van der Waals surface area (Å²) in [7, 11) is 0. The van der Waals surface area contributed by atoms with Crippen LogP contribution in [0.15, 0.2) is 25.0 Å². The molecule has 0 N–H and O–H groups in total. The SMILES string of the molecule is C=CCCCOc1cnc(C#N)cn1. The van der Waals surface area contributed by atoms with Gasteiger partial charge < -0.3 is 4.74 Å². The second-order valence-electron chi connectivity index (χ2n) is 2.63. The maximum Gasteiger partial charge on any atom is 0.232 e. The highest BCUT2D eigenvalue weighted by atomic mass is 16.5. The first-order valence-corrected chi connectivity index (χ1v) is 4.32. The predicted octanol–water partition coefficient (Wildman–Crippen LogP) is 1.69. The Hall–Kier alpha value is -1.89. The molecule has 0 aliphatic heterocycles. The molecule has 4 nitrogen and oxygen atoms in total. The highest BCUT2D eigenvalue weighted by Gasteiger charge is 1.96. The van der Waals surface area contributed by atoms with Crippen molar-refractivity contribution in [2.45, 2.75) is 12.8 Å². The number of allylic oxidation sites excluding steroid dienone is 1. The Morgan fingerprint density at radius 1 is 1.50 bits per heavy atom. The van der Waals surface area contributed by atoms with Crippen molar-refractivity contribution < 1.29 is 4.74 Å². The van der Waals surface area contributed by atoms with Crippen LogP contribution in [0.1, 0.15) is 18.5 Å². The first-order chi connectivity index (χ1) is 6.86. The summed E-state index contributed by atoms with van der Waals surface area (Å²) in [6.45, 7) is 4.20. The fourth-order valence-electron chi connectivity index (χ4n) is 0.853. The van der Waals surface area contributed by atoms with E-state index < -0.39 is 0 Å². The van der Waals surface area contributed by atoms with Crippen LogP contribution in [-0.4, -0.2) is 16.6 Å². The zero-order valence-electron chi connectivity index (χ0n) is 7.81. The first kappa shape index (κ1) is 10.2. The molecule has 0 radical (unpaired) electrons. The third kappa shape index (κ3) is 3.23. The average molecular weight is 189 g/mol. The van der Waals surface area contributed by atoms with Gasteiger partial charge >= 0.3 is 0 Å². The second-order valence-corrected chi connectivity index (χ2v) is 2.63. The maximum atomic E-state index is 8.47. The largest absolute Gasteiger partial charge is 0.477 e. The Labute approximate surface area is 82.9 Å². The van der Waals surface area contributed by atoms with Crippen LogP contribution in [0, 0.1) is 11.3 Å². The third-order valence-corrected chi connectivity index (χ3v) is 1.55. The number of rotatable bonds is 5. The quantitative estimate of drug-likeness (QED) is 0.522. The van der Waals surface area contributed by atoms with Crippen molar-refractivity contribution in [3.05, 3.63) is 30.7 Å². The number of aromatic nitrogens is 2. The Kier molecular flexibility index (Phi) is 4.15. The van der Waals surface area contributed by atoms with E-state index in [0.29, 0.717) is 18.2 Å². The summed E-state index contributed by atoms with van der Waals surface area (Å²) in [5.41, 5.74) is 0.295. The standard InChI is InChI=1S/C10H11N3O/c1-2-3-4-5-14-10-8-12-9(6-11)7-13-10/h2,7-8H,1,3-5H2. The molecule has 1 aromatic rings. The van der Waals surface area contributed by atoms with Gasteiger partial charge in [-0.1, -0.05) is 6.08 Å². The lowest BCUT2D eigenvalue weighted by atomic mass is 10.3. The van der Waals surface area contributed by atoms with Gasteiger partial charge in [0.15, 0.2) is 5.69 Å². The van der Waals surface area contributed by atoms with Crippen LogP contribution in [-0.2, 0) is 0 Å². The van der Waals surface area contributed by atoms with Gasteiger partial charge in [-0.25, -0.2) is 9.97 Å². The summed E-state index contributed by atoms with van der Waals surface area (Å²) < 4.78 is 5.28. The van der Waals surface area contributed by atoms with Crippen molar-refractivity contribution in [2.24, 2.45) is 0 Å². The Morgan fingerprint density at radius 3 is 2.93 bits per heavy atom. The van der Waals surface area contributed by atoms with Gasteiger partial charge in [-0.3, -0.25) is 0 Å². The number of nitriles is 1. The summed E-state index contributed by atoms with van der Waals surface area (Å²) >= 11 is 0. The lowest BCUT2D eigenvalue weighted by molar-refractivity contribution is 0.299. The number of unbranched alkanes of at least 4 members (excludes halogenated alkanes) is 1. The van der Waals surface area contributed by atoms with Gasteiger partial charge in [-0.15, -0.1) is 6.58 Å². The summed E-state index contributed by atoms with van der Waals surface area (Å²) in [6.07, 6.45) is 6.51. The van der Waals surface area contributed by atoms with Gasteiger partial charge in [0.25, 0.3) is 0 Å². The molecule has 0 saturated heterocycles. The average Bonchev–Trinajstić information content (AvgIpc) is 2.25. The van der Waals surface area contributed by atoms with E-state index >= 15 is 0 Å². The molecule has 0 aromatic carbocycles.